The first-order chi connectivity index (χ1) is 9.09. The quantitative estimate of drug-likeness (QED) is 0.635. The predicted molar refractivity (Wildman–Crippen MR) is 64.7 cm³/mol. The van der Waals surface area contributed by atoms with Crippen molar-refractivity contribution in [3.8, 4) is 5.75 Å². The molecule has 1 aromatic heterocycles. The molecule has 8 nitrogen and oxygen atoms in total. The van der Waals surface area contributed by atoms with Gasteiger partial charge in [0.15, 0.2) is 5.82 Å². The summed E-state index contributed by atoms with van der Waals surface area (Å²) in [7, 11) is 0. The lowest BCUT2D eigenvalue weighted by atomic mass is 10.1. The lowest BCUT2D eigenvalue weighted by Gasteiger charge is -2.05. The number of amides is 1. The molecule has 0 aliphatic rings. The number of rotatable bonds is 3. The Morgan fingerprint density at radius 2 is 2.16 bits per heavy atom. The maximum Gasteiger partial charge on any atom is 0.311 e. The summed E-state index contributed by atoms with van der Waals surface area (Å²) in [4.78, 5) is 29.3. The van der Waals surface area contributed by atoms with Gasteiger partial charge in [0, 0.05) is 18.5 Å². The number of carbonyl (C=O) groups is 1. The number of nitrogens with one attached hydrogen (secondary N) is 1. The summed E-state index contributed by atoms with van der Waals surface area (Å²) >= 11 is 0. The van der Waals surface area contributed by atoms with Crippen LogP contribution in [0.3, 0.4) is 0 Å². The van der Waals surface area contributed by atoms with Crippen LogP contribution < -0.4 is 5.32 Å². The van der Waals surface area contributed by atoms with Gasteiger partial charge in [-0.2, -0.15) is 0 Å². The molecule has 0 saturated carbocycles. The van der Waals surface area contributed by atoms with Crippen LogP contribution in [0.5, 0.6) is 5.75 Å². The van der Waals surface area contributed by atoms with E-state index in [2.05, 4.69) is 15.3 Å². The minimum Gasteiger partial charge on any atom is -0.502 e. The zero-order valence-corrected chi connectivity index (χ0v) is 9.48. The zero-order valence-electron chi connectivity index (χ0n) is 9.48. The second-order valence-corrected chi connectivity index (χ2v) is 3.48. The fourth-order valence-corrected chi connectivity index (χ4v) is 1.41. The van der Waals surface area contributed by atoms with E-state index in [-0.39, 0.29) is 11.4 Å². The fourth-order valence-electron chi connectivity index (χ4n) is 1.41. The molecule has 1 amide bonds. The van der Waals surface area contributed by atoms with Crippen LogP contribution in [0.15, 0.2) is 36.8 Å². The highest BCUT2D eigenvalue weighted by molar-refractivity contribution is 6.06. The minimum absolute atomic E-state index is 0.179. The fraction of sp³-hybridized carbons (Fsp3) is 0. The van der Waals surface area contributed by atoms with E-state index in [4.69, 9.17) is 0 Å². The molecule has 2 N–H and O–H groups in total. The van der Waals surface area contributed by atoms with Crippen molar-refractivity contribution in [2.24, 2.45) is 0 Å². The molecule has 0 spiro atoms. The van der Waals surface area contributed by atoms with Gasteiger partial charge in [0.25, 0.3) is 5.91 Å². The van der Waals surface area contributed by atoms with Crippen molar-refractivity contribution in [2.45, 2.75) is 0 Å². The van der Waals surface area contributed by atoms with Crippen molar-refractivity contribution in [1.82, 2.24) is 9.97 Å². The number of hydrogen-bond acceptors (Lipinski definition) is 6. The van der Waals surface area contributed by atoms with Crippen molar-refractivity contribution in [1.29, 1.82) is 0 Å². The Balaban J connectivity index is 2.30. The van der Waals surface area contributed by atoms with Gasteiger partial charge in [0.1, 0.15) is 0 Å². The monoisotopic (exact) mass is 260 g/mol. The number of phenolic OH excluding ortho intramolecular Hbond substituents is 1. The number of benzene rings is 1. The van der Waals surface area contributed by atoms with Crippen LogP contribution in [0.2, 0.25) is 0 Å². The van der Waals surface area contributed by atoms with E-state index in [1.165, 1.54) is 30.7 Å². The number of anilines is 1. The molecule has 0 radical (unpaired) electrons. The standard InChI is InChI=1S/C11H8N4O4/c16-10-7(2-1-3-8(10)15(18)19)11(17)14-9-6-12-4-5-13-9/h1-6,16H,(H,13,14,17). The second-order valence-electron chi connectivity index (χ2n) is 3.48. The van der Waals surface area contributed by atoms with Crippen LogP contribution >= 0.6 is 0 Å². The van der Waals surface area contributed by atoms with E-state index in [1.807, 2.05) is 0 Å². The third kappa shape index (κ3) is 2.63. The third-order valence-electron chi connectivity index (χ3n) is 2.26. The molecule has 2 aromatic rings. The molecule has 0 unspecified atom stereocenters. The van der Waals surface area contributed by atoms with Crippen molar-refractivity contribution in [3.63, 3.8) is 0 Å². The van der Waals surface area contributed by atoms with Gasteiger partial charge in [0.2, 0.25) is 5.75 Å². The number of para-hydroxylation sites is 1. The van der Waals surface area contributed by atoms with Gasteiger partial charge in [-0.25, -0.2) is 4.98 Å². The maximum absolute atomic E-state index is 11.8. The lowest BCUT2D eigenvalue weighted by Crippen LogP contribution is -2.13. The molecule has 2 rings (SSSR count). The first-order valence-electron chi connectivity index (χ1n) is 5.13. The predicted octanol–water partition coefficient (Wildman–Crippen LogP) is 1.34. The highest BCUT2D eigenvalue weighted by atomic mass is 16.6. The molecular formula is C11H8N4O4. The molecule has 96 valence electrons. The van der Waals surface area contributed by atoms with Gasteiger partial charge in [0.05, 0.1) is 16.7 Å². The average Bonchev–Trinajstić information content (AvgIpc) is 2.39. The molecule has 8 heteroatoms. The Morgan fingerprint density at radius 1 is 1.37 bits per heavy atom. The molecule has 0 aliphatic heterocycles. The van der Waals surface area contributed by atoms with Crippen molar-refractivity contribution < 1.29 is 14.8 Å². The van der Waals surface area contributed by atoms with Gasteiger partial charge in [-0.1, -0.05) is 6.07 Å². The molecule has 1 heterocycles. The Bertz CT molecular complexity index is 630. The number of nitro benzene ring substituents is 1. The van der Waals surface area contributed by atoms with Gasteiger partial charge in [-0.05, 0) is 6.07 Å². The highest BCUT2D eigenvalue weighted by Crippen LogP contribution is 2.29. The number of nitrogens with zero attached hydrogens (tertiary/aromatic N) is 3. The first kappa shape index (κ1) is 12.4. The van der Waals surface area contributed by atoms with Crippen molar-refractivity contribution in [2.75, 3.05) is 5.32 Å². The van der Waals surface area contributed by atoms with E-state index in [9.17, 15) is 20.0 Å². The number of hydrogen-bond donors (Lipinski definition) is 2. The lowest BCUT2D eigenvalue weighted by molar-refractivity contribution is -0.385. The van der Waals surface area contributed by atoms with Gasteiger partial charge in [-0.3, -0.25) is 19.9 Å². The molecule has 0 atom stereocenters. The second kappa shape index (κ2) is 5.08. The van der Waals surface area contributed by atoms with Crippen LogP contribution in [0.25, 0.3) is 0 Å². The summed E-state index contributed by atoms with van der Waals surface area (Å²) in [6, 6.07) is 3.69. The SMILES string of the molecule is O=C(Nc1cnccn1)c1cccc([N+](=O)[O-])c1O. The van der Waals surface area contributed by atoms with Gasteiger partial charge in [-0.15, -0.1) is 0 Å². The number of aromatic hydroxyl groups is 1. The summed E-state index contributed by atoms with van der Waals surface area (Å²) in [5, 5.41) is 22.7. The Labute approximate surface area is 106 Å². The number of aromatic nitrogens is 2. The van der Waals surface area contributed by atoms with Gasteiger partial charge < -0.3 is 10.4 Å². The molecule has 19 heavy (non-hydrogen) atoms. The maximum atomic E-state index is 11.8. The molecule has 0 saturated heterocycles. The molecule has 0 aliphatic carbocycles. The Morgan fingerprint density at radius 3 is 2.79 bits per heavy atom. The Hall–Kier alpha value is -3.03. The Kier molecular flexibility index (Phi) is 3.33. The normalized spacial score (nSPS) is 9.89. The molecule has 0 bridgehead atoms. The average molecular weight is 260 g/mol. The zero-order chi connectivity index (χ0) is 13.8. The molecule has 1 aromatic carbocycles. The molecule has 0 fully saturated rings. The summed E-state index contributed by atoms with van der Waals surface area (Å²) in [5.74, 6) is -1.21. The first-order valence-corrected chi connectivity index (χ1v) is 5.13. The van der Waals surface area contributed by atoms with E-state index in [0.29, 0.717) is 0 Å². The van der Waals surface area contributed by atoms with Gasteiger partial charge >= 0.3 is 5.69 Å². The van der Waals surface area contributed by atoms with Crippen LogP contribution in [-0.4, -0.2) is 25.9 Å². The van der Waals surface area contributed by atoms with Crippen LogP contribution in [-0.2, 0) is 0 Å². The van der Waals surface area contributed by atoms with E-state index < -0.39 is 22.3 Å². The van der Waals surface area contributed by atoms with Crippen molar-refractivity contribution >= 4 is 17.4 Å². The third-order valence-corrected chi connectivity index (χ3v) is 2.26. The summed E-state index contributed by atoms with van der Waals surface area (Å²) in [5.41, 5.74) is -0.744. The largest absolute Gasteiger partial charge is 0.502 e. The van der Waals surface area contributed by atoms with Crippen LogP contribution in [0.1, 0.15) is 10.4 Å². The summed E-state index contributed by atoms with van der Waals surface area (Å²) in [6.07, 6.45) is 4.12. The topological polar surface area (TPSA) is 118 Å². The summed E-state index contributed by atoms with van der Waals surface area (Å²) < 4.78 is 0. The van der Waals surface area contributed by atoms with Crippen LogP contribution in [0, 0.1) is 10.1 Å². The van der Waals surface area contributed by atoms with E-state index >= 15 is 0 Å². The molecular weight excluding hydrogens is 252 g/mol. The van der Waals surface area contributed by atoms with E-state index in [0.717, 1.165) is 6.07 Å². The number of phenols is 1. The smallest absolute Gasteiger partial charge is 0.311 e. The highest BCUT2D eigenvalue weighted by Gasteiger charge is 2.21. The van der Waals surface area contributed by atoms with Crippen molar-refractivity contribution in [3.05, 3.63) is 52.5 Å². The van der Waals surface area contributed by atoms with E-state index in [1.54, 1.807) is 0 Å². The van der Waals surface area contributed by atoms with Crippen LogP contribution in [0.4, 0.5) is 11.5 Å². The minimum atomic E-state index is -0.769. The number of nitro groups is 1. The number of carbonyl (C=O) groups excluding carboxylic acids is 1. The summed E-state index contributed by atoms with van der Waals surface area (Å²) in [6.45, 7) is 0.